The van der Waals surface area contributed by atoms with Gasteiger partial charge in [-0.05, 0) is 130 Å². The number of aromatic nitrogens is 1. The summed E-state index contributed by atoms with van der Waals surface area (Å²) in [6, 6.07) is 62.0. The highest BCUT2D eigenvalue weighted by atomic mass is 16.5. The summed E-state index contributed by atoms with van der Waals surface area (Å²) in [6.07, 6.45) is 12.4. The smallest absolute Gasteiger partial charge is 0.152 e. The van der Waals surface area contributed by atoms with Crippen LogP contribution in [0.15, 0.2) is 199 Å². The number of aliphatic imine (C=N–C) groups is 1. The molecule has 9 aromatic rings. The Balaban J connectivity index is 0.952. The third-order valence-electron chi connectivity index (χ3n) is 12.8. The van der Waals surface area contributed by atoms with Gasteiger partial charge in [-0.15, -0.1) is 0 Å². The normalized spacial score (nSPS) is 14.5. The number of nitrogens with one attached hydrogen (secondary N) is 1. The average Bonchev–Trinajstić information content (AvgIpc) is 3.69. The fourth-order valence-electron chi connectivity index (χ4n) is 9.87. The number of fused-ring (bicyclic) bond motifs is 8. The molecule has 0 atom stereocenters. The molecule has 3 aliphatic rings. The summed E-state index contributed by atoms with van der Waals surface area (Å²) in [7, 11) is 0. The number of ether oxygens (including phenoxy) is 1. The first-order valence-corrected chi connectivity index (χ1v) is 21.8. The summed E-state index contributed by atoms with van der Waals surface area (Å²) in [5.74, 6) is 1.66. The molecule has 0 saturated heterocycles. The van der Waals surface area contributed by atoms with Crippen molar-refractivity contribution in [1.82, 2.24) is 4.57 Å². The van der Waals surface area contributed by atoms with Crippen molar-refractivity contribution in [2.45, 2.75) is 25.7 Å². The first kappa shape index (κ1) is 36.8. The van der Waals surface area contributed by atoms with Gasteiger partial charge in [0, 0.05) is 33.9 Å². The maximum atomic E-state index is 9.39. The monoisotopic (exact) mass is 810 g/mol. The van der Waals surface area contributed by atoms with Crippen LogP contribution in [0.3, 0.4) is 0 Å². The van der Waals surface area contributed by atoms with Crippen molar-refractivity contribution < 1.29 is 4.74 Å². The summed E-state index contributed by atoms with van der Waals surface area (Å²) in [6.45, 7) is 0. The molecule has 0 radical (unpaired) electrons. The quantitative estimate of drug-likeness (QED) is 0.163. The van der Waals surface area contributed by atoms with Gasteiger partial charge in [0.15, 0.2) is 11.5 Å². The van der Waals surface area contributed by atoms with E-state index in [0.717, 1.165) is 93.0 Å². The molecule has 2 heterocycles. The summed E-state index contributed by atoms with van der Waals surface area (Å²) in [4.78, 5) is 7.37. The second-order valence-electron chi connectivity index (χ2n) is 16.5. The van der Waals surface area contributed by atoms with E-state index in [-0.39, 0.29) is 0 Å². The van der Waals surface area contributed by atoms with E-state index in [9.17, 15) is 5.41 Å². The summed E-state index contributed by atoms with van der Waals surface area (Å²) < 4.78 is 9.11. The van der Waals surface area contributed by atoms with Crippen LogP contribution in [0.2, 0.25) is 0 Å². The molecule has 1 N–H and O–H groups in total. The molecule has 2 aliphatic carbocycles. The Morgan fingerprint density at radius 1 is 0.603 bits per heavy atom. The lowest BCUT2D eigenvalue weighted by atomic mass is 9.91. The first-order chi connectivity index (χ1) is 31.2. The molecule has 300 valence electrons. The Labute approximate surface area is 365 Å². The third-order valence-corrected chi connectivity index (χ3v) is 12.8. The van der Waals surface area contributed by atoms with E-state index in [0.29, 0.717) is 5.71 Å². The van der Waals surface area contributed by atoms with Gasteiger partial charge in [-0.2, -0.15) is 0 Å². The van der Waals surface area contributed by atoms with E-state index in [1.165, 1.54) is 43.5 Å². The van der Waals surface area contributed by atoms with Crippen molar-refractivity contribution in [1.29, 1.82) is 5.41 Å². The van der Waals surface area contributed by atoms with Gasteiger partial charge in [0.25, 0.3) is 0 Å². The van der Waals surface area contributed by atoms with E-state index >= 15 is 0 Å². The van der Waals surface area contributed by atoms with Crippen LogP contribution >= 0.6 is 0 Å². The van der Waals surface area contributed by atoms with Gasteiger partial charge in [0.1, 0.15) is 0 Å². The lowest BCUT2D eigenvalue weighted by molar-refractivity contribution is 0.477. The second-order valence-corrected chi connectivity index (χ2v) is 16.5. The van der Waals surface area contributed by atoms with Gasteiger partial charge >= 0.3 is 0 Å². The molecule has 63 heavy (non-hydrogen) atoms. The lowest BCUT2D eigenvalue weighted by Gasteiger charge is -2.33. The van der Waals surface area contributed by atoms with Crippen molar-refractivity contribution in [2.24, 2.45) is 4.99 Å². The highest BCUT2D eigenvalue weighted by Crippen LogP contribution is 2.51. The minimum Gasteiger partial charge on any atom is -0.453 e. The fraction of sp³-hybridized carbons (Fsp3) is 0.0690. The Kier molecular flexibility index (Phi) is 8.85. The predicted octanol–water partition coefficient (Wildman–Crippen LogP) is 13.9. The number of rotatable bonds is 7. The molecule has 8 aromatic carbocycles. The molecular formula is C58H42N4O. The van der Waals surface area contributed by atoms with Gasteiger partial charge in [0.05, 0.1) is 33.8 Å². The number of benzene rings is 8. The van der Waals surface area contributed by atoms with Crippen molar-refractivity contribution in [3.8, 4) is 22.6 Å². The van der Waals surface area contributed by atoms with Gasteiger partial charge < -0.3 is 14.2 Å². The van der Waals surface area contributed by atoms with Crippen molar-refractivity contribution in [3.05, 3.63) is 210 Å². The second kappa shape index (κ2) is 15.2. The molecule has 0 bridgehead atoms. The Hall–Kier alpha value is -8.02. The number of anilines is 3. The van der Waals surface area contributed by atoms with Gasteiger partial charge in [-0.1, -0.05) is 133 Å². The molecule has 1 aliphatic heterocycles. The molecule has 5 heteroatoms. The number of para-hydroxylation sites is 4. The highest BCUT2D eigenvalue weighted by molar-refractivity contribution is 6.28. The minimum absolute atomic E-state index is 0.550. The van der Waals surface area contributed by atoms with Gasteiger partial charge in [-0.3, -0.25) is 10.4 Å². The van der Waals surface area contributed by atoms with Crippen molar-refractivity contribution in [2.75, 3.05) is 4.90 Å². The van der Waals surface area contributed by atoms with Crippen LogP contribution in [-0.4, -0.2) is 16.5 Å². The molecule has 0 unspecified atom stereocenters. The maximum absolute atomic E-state index is 9.39. The SMILES string of the molecule is N=C(C1=c2ccccc2=CCC1)c1ccccc1N=CC1=CCCC(n2c3cc(-c4ccc5c(c4)Oc4ccccc4N5c4ccccc4)ccc3c3c4ccccc4ccc32)=C1. The summed E-state index contributed by atoms with van der Waals surface area (Å²) in [5, 5.41) is 16.7. The van der Waals surface area contributed by atoms with Gasteiger partial charge in [0.2, 0.25) is 0 Å². The van der Waals surface area contributed by atoms with Crippen LogP contribution in [0.1, 0.15) is 31.2 Å². The molecule has 1 aromatic heterocycles. The van der Waals surface area contributed by atoms with Crippen LogP contribution in [0, 0.1) is 5.41 Å². The number of nitrogens with zero attached hydrogens (tertiary/aromatic N) is 3. The standard InChI is InChI=1S/C58H42N4O/c59-58(47-24-13-17-39-15-4-6-21-45(39)47)48-23-8-9-25-50(48)60-37-38-14-12-20-44(34-38)62-53-33-29-40-16-5-7-22-46(40)57(53)49-31-28-41(35-54(49)62)42-30-32-52-56(36-42)63-55-27-11-10-26-51(55)61(52)43-18-2-1-3-19-43/h1-11,14-19,21-23,25-37,59H,12-13,20,24H2. The van der Waals surface area contributed by atoms with Crippen molar-refractivity contribution >= 4 is 84.6 Å². The number of hydrogen-bond acceptors (Lipinski definition) is 4. The topological polar surface area (TPSA) is 53.6 Å². The van der Waals surface area contributed by atoms with Crippen LogP contribution < -0.4 is 20.1 Å². The zero-order valence-corrected chi connectivity index (χ0v) is 34.6. The maximum Gasteiger partial charge on any atom is 0.152 e. The summed E-state index contributed by atoms with van der Waals surface area (Å²) >= 11 is 0. The molecule has 0 spiro atoms. The van der Waals surface area contributed by atoms with E-state index in [4.69, 9.17) is 9.73 Å². The molecular weight excluding hydrogens is 769 g/mol. The zero-order valence-electron chi connectivity index (χ0n) is 34.6. The zero-order chi connectivity index (χ0) is 41.9. The molecule has 0 fully saturated rings. The molecule has 0 amide bonds. The highest BCUT2D eigenvalue weighted by Gasteiger charge is 2.26. The minimum atomic E-state index is 0.550. The molecule has 5 nitrogen and oxygen atoms in total. The van der Waals surface area contributed by atoms with Crippen LogP contribution in [0.25, 0.3) is 61.1 Å². The van der Waals surface area contributed by atoms with E-state index in [1.807, 2.05) is 42.6 Å². The van der Waals surface area contributed by atoms with E-state index < -0.39 is 0 Å². The summed E-state index contributed by atoms with van der Waals surface area (Å²) in [5.41, 5.74) is 13.3. The van der Waals surface area contributed by atoms with Crippen LogP contribution in [-0.2, 0) is 0 Å². The lowest BCUT2D eigenvalue weighted by Crippen LogP contribution is -2.31. The fourth-order valence-corrected chi connectivity index (χ4v) is 9.87. The first-order valence-electron chi connectivity index (χ1n) is 21.8. The predicted molar refractivity (Wildman–Crippen MR) is 263 cm³/mol. The largest absolute Gasteiger partial charge is 0.453 e. The molecule has 12 rings (SSSR count). The molecule has 0 saturated carbocycles. The Morgan fingerprint density at radius 3 is 2.32 bits per heavy atom. The van der Waals surface area contributed by atoms with Crippen LogP contribution in [0.5, 0.6) is 11.5 Å². The van der Waals surface area contributed by atoms with E-state index in [2.05, 4.69) is 167 Å². The Morgan fingerprint density at radius 2 is 1.37 bits per heavy atom. The number of hydrogen-bond donors (Lipinski definition) is 1. The average molecular weight is 811 g/mol. The van der Waals surface area contributed by atoms with Gasteiger partial charge in [-0.25, -0.2) is 0 Å². The Bertz CT molecular complexity index is 3570. The van der Waals surface area contributed by atoms with E-state index in [1.54, 1.807) is 0 Å². The third kappa shape index (κ3) is 6.31. The van der Waals surface area contributed by atoms with Crippen molar-refractivity contribution in [3.63, 3.8) is 0 Å². The van der Waals surface area contributed by atoms with Crippen LogP contribution in [0.4, 0.5) is 22.7 Å². The number of allylic oxidation sites excluding steroid dienone is 4.